The molecule has 1 heterocycles. The number of anilines is 1. The molecule has 0 N–H and O–H groups in total. The number of hydrogen-bond acceptors (Lipinski definition) is 4. The minimum Gasteiger partial charge on any atom is -0.497 e. The Morgan fingerprint density at radius 2 is 2.18 bits per heavy atom. The van der Waals surface area contributed by atoms with E-state index in [0.717, 1.165) is 28.9 Å². The Morgan fingerprint density at radius 1 is 1.41 bits per heavy atom. The summed E-state index contributed by atoms with van der Waals surface area (Å²) in [7, 11) is 3.04. The molecule has 1 aromatic carbocycles. The molecule has 4 nitrogen and oxygen atoms in total. The maximum atomic E-state index is 11.5. The Morgan fingerprint density at radius 3 is 2.71 bits per heavy atom. The molecule has 0 spiro atoms. The van der Waals surface area contributed by atoms with Crippen LogP contribution in [0.3, 0.4) is 0 Å². The lowest BCUT2D eigenvalue weighted by Gasteiger charge is -2.40. The highest BCUT2D eigenvalue weighted by atomic mass is 79.9. The Balaban J connectivity index is 2.22. The third-order valence-corrected chi connectivity index (χ3v) is 3.37. The first-order chi connectivity index (χ1) is 8.15. The summed E-state index contributed by atoms with van der Waals surface area (Å²) in [5, 5.41) is 0. The number of benzene rings is 1. The highest BCUT2D eigenvalue weighted by Crippen LogP contribution is 2.32. The fourth-order valence-electron chi connectivity index (χ4n) is 1.91. The molecule has 1 saturated heterocycles. The molecule has 0 bridgehead atoms. The molecule has 1 unspecified atom stereocenters. The van der Waals surface area contributed by atoms with Gasteiger partial charge in [0.15, 0.2) is 0 Å². The van der Waals surface area contributed by atoms with Crippen molar-refractivity contribution in [3.63, 3.8) is 0 Å². The lowest BCUT2D eigenvalue weighted by Crippen LogP contribution is -2.53. The van der Waals surface area contributed by atoms with Crippen LogP contribution in [0.4, 0.5) is 5.69 Å². The molecule has 2 rings (SSSR count). The largest absolute Gasteiger partial charge is 0.497 e. The number of nitrogens with zero attached hydrogens (tertiary/aromatic N) is 1. The Hall–Kier alpha value is -1.23. The average Bonchev–Trinajstić information content (AvgIpc) is 2.26. The number of esters is 1. The zero-order chi connectivity index (χ0) is 12.4. The van der Waals surface area contributed by atoms with Crippen molar-refractivity contribution < 1.29 is 14.3 Å². The van der Waals surface area contributed by atoms with Crippen molar-refractivity contribution in [1.82, 2.24) is 0 Å². The van der Waals surface area contributed by atoms with Gasteiger partial charge in [-0.1, -0.05) is 15.9 Å². The first-order valence-corrected chi connectivity index (χ1v) is 6.14. The smallest absolute Gasteiger partial charge is 0.328 e. The molecule has 5 heteroatoms. The number of ether oxygens (including phenoxy) is 2. The van der Waals surface area contributed by atoms with Gasteiger partial charge in [0.05, 0.1) is 14.2 Å². The minimum absolute atomic E-state index is 0.168. The molecule has 1 atom stereocenters. The van der Waals surface area contributed by atoms with E-state index in [9.17, 15) is 4.79 Å². The minimum atomic E-state index is -0.185. The first-order valence-electron chi connectivity index (χ1n) is 5.34. The normalized spacial score (nSPS) is 18.5. The van der Waals surface area contributed by atoms with E-state index in [-0.39, 0.29) is 12.0 Å². The van der Waals surface area contributed by atoms with Crippen LogP contribution in [-0.4, -0.2) is 32.8 Å². The summed E-state index contributed by atoms with van der Waals surface area (Å²) < 4.78 is 10.9. The highest BCUT2D eigenvalue weighted by molar-refractivity contribution is 9.10. The molecule has 1 aliphatic rings. The van der Waals surface area contributed by atoms with E-state index >= 15 is 0 Å². The molecular formula is C12H14BrNO3. The van der Waals surface area contributed by atoms with E-state index in [0.29, 0.717) is 0 Å². The quantitative estimate of drug-likeness (QED) is 0.802. The van der Waals surface area contributed by atoms with Crippen molar-refractivity contribution in [2.45, 2.75) is 12.5 Å². The third-order valence-electron chi connectivity index (χ3n) is 2.92. The molecule has 1 aliphatic heterocycles. The molecular weight excluding hydrogens is 286 g/mol. The van der Waals surface area contributed by atoms with E-state index in [2.05, 4.69) is 15.9 Å². The van der Waals surface area contributed by atoms with Gasteiger partial charge in [-0.05, 0) is 18.6 Å². The predicted octanol–water partition coefficient (Wildman–Crippen LogP) is 2.21. The fourth-order valence-corrected chi connectivity index (χ4v) is 2.37. The van der Waals surface area contributed by atoms with Gasteiger partial charge in [-0.15, -0.1) is 0 Å². The monoisotopic (exact) mass is 299 g/mol. The summed E-state index contributed by atoms with van der Waals surface area (Å²) in [6.45, 7) is 0.860. The van der Waals surface area contributed by atoms with Gasteiger partial charge in [0.25, 0.3) is 0 Å². The van der Waals surface area contributed by atoms with Crippen LogP contribution >= 0.6 is 15.9 Å². The summed E-state index contributed by atoms with van der Waals surface area (Å²) in [4.78, 5) is 13.5. The second-order valence-electron chi connectivity index (χ2n) is 3.87. The summed E-state index contributed by atoms with van der Waals surface area (Å²) >= 11 is 3.43. The summed E-state index contributed by atoms with van der Waals surface area (Å²) in [5.74, 6) is 0.583. The van der Waals surface area contributed by atoms with Crippen LogP contribution in [0, 0.1) is 0 Å². The van der Waals surface area contributed by atoms with Gasteiger partial charge in [-0.2, -0.15) is 0 Å². The zero-order valence-corrected chi connectivity index (χ0v) is 11.4. The van der Waals surface area contributed by atoms with Crippen LogP contribution in [0.2, 0.25) is 0 Å². The molecule has 1 aromatic rings. The van der Waals surface area contributed by atoms with Crippen molar-refractivity contribution in [2.24, 2.45) is 0 Å². The van der Waals surface area contributed by atoms with Gasteiger partial charge in [-0.25, -0.2) is 4.79 Å². The van der Waals surface area contributed by atoms with E-state index in [1.54, 1.807) is 7.11 Å². The molecule has 92 valence electrons. The second-order valence-corrected chi connectivity index (χ2v) is 4.79. The lowest BCUT2D eigenvalue weighted by molar-refractivity contribution is -0.143. The Bertz CT molecular complexity index is 436. The van der Waals surface area contributed by atoms with Crippen LogP contribution < -0.4 is 9.64 Å². The number of halogens is 1. The van der Waals surface area contributed by atoms with Crippen molar-refractivity contribution in [3.8, 4) is 5.75 Å². The predicted molar refractivity (Wildman–Crippen MR) is 68.5 cm³/mol. The molecule has 0 aromatic heterocycles. The molecule has 0 aliphatic carbocycles. The molecule has 17 heavy (non-hydrogen) atoms. The van der Waals surface area contributed by atoms with Gasteiger partial charge in [0.1, 0.15) is 11.8 Å². The summed E-state index contributed by atoms with van der Waals surface area (Å²) in [6.07, 6.45) is 0.835. The lowest BCUT2D eigenvalue weighted by atomic mass is 10.0. The van der Waals surface area contributed by atoms with Gasteiger partial charge in [0.2, 0.25) is 0 Å². The van der Waals surface area contributed by atoms with Crippen LogP contribution in [0.25, 0.3) is 0 Å². The van der Waals surface area contributed by atoms with E-state index < -0.39 is 0 Å². The third kappa shape index (κ3) is 2.39. The Kier molecular flexibility index (Phi) is 3.57. The van der Waals surface area contributed by atoms with Crippen LogP contribution in [-0.2, 0) is 9.53 Å². The summed E-state index contributed by atoms with van der Waals surface area (Å²) in [6, 6.07) is 5.60. The van der Waals surface area contributed by atoms with Crippen LogP contribution in [0.5, 0.6) is 5.75 Å². The Labute approximate surface area is 109 Å². The fraction of sp³-hybridized carbons (Fsp3) is 0.417. The van der Waals surface area contributed by atoms with Crippen molar-refractivity contribution in [1.29, 1.82) is 0 Å². The number of hydrogen-bond donors (Lipinski definition) is 0. The van der Waals surface area contributed by atoms with Gasteiger partial charge in [0, 0.05) is 22.8 Å². The standard InChI is InChI=1S/C12H14BrNO3/c1-16-10-6-8(13)5-9(7-10)14-4-3-11(14)12(15)17-2/h5-7,11H,3-4H2,1-2H3. The van der Waals surface area contributed by atoms with Crippen molar-refractivity contribution >= 4 is 27.6 Å². The maximum absolute atomic E-state index is 11.5. The number of rotatable bonds is 3. The SMILES string of the molecule is COC(=O)C1CCN1c1cc(Br)cc(OC)c1. The van der Waals surface area contributed by atoms with Crippen molar-refractivity contribution in [2.75, 3.05) is 25.7 Å². The van der Waals surface area contributed by atoms with Gasteiger partial charge >= 0.3 is 5.97 Å². The average molecular weight is 300 g/mol. The molecule has 1 fully saturated rings. The molecule has 0 radical (unpaired) electrons. The zero-order valence-electron chi connectivity index (χ0n) is 9.77. The van der Waals surface area contributed by atoms with Gasteiger partial charge in [-0.3, -0.25) is 0 Å². The molecule has 0 saturated carbocycles. The first kappa shape index (κ1) is 12.2. The number of methoxy groups -OCH3 is 2. The topological polar surface area (TPSA) is 38.8 Å². The van der Waals surface area contributed by atoms with Crippen LogP contribution in [0.1, 0.15) is 6.42 Å². The number of carbonyl (C=O) groups is 1. The highest BCUT2D eigenvalue weighted by Gasteiger charge is 2.35. The van der Waals surface area contributed by atoms with Gasteiger partial charge < -0.3 is 14.4 Å². The number of carbonyl (C=O) groups excluding carboxylic acids is 1. The summed E-state index contributed by atoms with van der Waals surface area (Å²) in [5.41, 5.74) is 0.970. The maximum Gasteiger partial charge on any atom is 0.328 e. The van der Waals surface area contributed by atoms with E-state index in [1.165, 1.54) is 7.11 Å². The van der Waals surface area contributed by atoms with Crippen LogP contribution in [0.15, 0.2) is 22.7 Å². The van der Waals surface area contributed by atoms with Crippen molar-refractivity contribution in [3.05, 3.63) is 22.7 Å². The second kappa shape index (κ2) is 4.96. The van der Waals surface area contributed by atoms with E-state index in [4.69, 9.17) is 9.47 Å². The molecule has 0 amide bonds. The van der Waals surface area contributed by atoms with E-state index in [1.807, 2.05) is 23.1 Å².